The Balaban J connectivity index is 1.97. The number of hydrogen-bond acceptors (Lipinski definition) is 5. The minimum atomic E-state index is -4.59. The molecule has 2 aliphatic rings. The molecule has 2 aliphatic heterocycles. The van der Waals surface area contributed by atoms with Crippen molar-refractivity contribution in [2.75, 3.05) is 25.2 Å². The summed E-state index contributed by atoms with van der Waals surface area (Å²) in [5, 5.41) is 9.68. The van der Waals surface area contributed by atoms with E-state index in [4.69, 9.17) is 21.1 Å². The average molecular weight is 448 g/mol. The van der Waals surface area contributed by atoms with E-state index in [1.165, 1.54) is 32.2 Å². The summed E-state index contributed by atoms with van der Waals surface area (Å²) in [5.74, 6) is 0.553. The monoisotopic (exact) mass is 447 g/mol. The summed E-state index contributed by atoms with van der Waals surface area (Å²) in [7, 11) is 1.47. The summed E-state index contributed by atoms with van der Waals surface area (Å²) >= 11 is 6.51. The molecule has 1 atom stereocenters. The Morgan fingerprint density at radius 2 is 2.03 bits per heavy atom. The van der Waals surface area contributed by atoms with Crippen molar-refractivity contribution in [3.63, 3.8) is 0 Å². The molecule has 0 N–H and O–H groups in total. The number of benzene rings is 2. The van der Waals surface area contributed by atoms with E-state index in [2.05, 4.69) is 4.99 Å². The molecule has 0 unspecified atom stereocenters. The first-order valence-corrected chi connectivity index (χ1v) is 9.72. The van der Waals surface area contributed by atoms with Crippen LogP contribution in [0.2, 0.25) is 5.02 Å². The highest BCUT2D eigenvalue weighted by Gasteiger charge is 2.45. The van der Waals surface area contributed by atoms with Crippen LogP contribution in [-0.2, 0) is 4.74 Å². The van der Waals surface area contributed by atoms with E-state index in [1.807, 2.05) is 6.07 Å². The van der Waals surface area contributed by atoms with Gasteiger partial charge in [0.05, 0.1) is 36.0 Å². The molecule has 31 heavy (non-hydrogen) atoms. The molecule has 0 amide bonds. The van der Waals surface area contributed by atoms with Crippen molar-refractivity contribution in [3.05, 3.63) is 69.4 Å². The third kappa shape index (κ3) is 3.64. The number of rotatable bonds is 2. The Bertz CT molecular complexity index is 1150. The fourth-order valence-corrected chi connectivity index (χ4v) is 4.15. The van der Waals surface area contributed by atoms with Crippen LogP contribution in [0, 0.1) is 11.3 Å². The number of halogens is 4. The Morgan fingerprint density at radius 1 is 1.26 bits per heavy atom. The zero-order valence-corrected chi connectivity index (χ0v) is 17.4. The normalized spacial score (nSPS) is 18.5. The largest absolute Gasteiger partial charge is 0.495 e. The summed E-state index contributed by atoms with van der Waals surface area (Å²) in [6.07, 6.45) is -5.42. The Hall–Kier alpha value is -3.02. The number of anilines is 1. The number of fused-ring (bicyclic) bond motifs is 3. The second-order valence-electron chi connectivity index (χ2n) is 7.13. The lowest BCUT2D eigenvalue weighted by Crippen LogP contribution is -2.42. The zero-order chi connectivity index (χ0) is 22.3. The summed E-state index contributed by atoms with van der Waals surface area (Å²) in [6.45, 7) is 1.18. The number of methoxy groups -OCH3 is 1. The molecule has 0 aromatic heterocycles. The van der Waals surface area contributed by atoms with E-state index < -0.39 is 18.0 Å². The van der Waals surface area contributed by atoms with Gasteiger partial charge >= 0.3 is 6.18 Å². The predicted octanol–water partition coefficient (Wildman–Crippen LogP) is 5.39. The van der Waals surface area contributed by atoms with Crippen LogP contribution in [0.4, 0.5) is 18.9 Å². The predicted molar refractivity (Wildman–Crippen MR) is 110 cm³/mol. The van der Waals surface area contributed by atoms with Gasteiger partial charge in [-0.15, -0.1) is 0 Å². The standard InChI is InChI=1S/C22H17ClF3N3O2/c1-12-10-28-18-11-31-20(14-4-3-5-17(30-2)19(14)23)15-8-13(9-27)6-7-16(15)29(18)21(12)22(24,25)26/h3-8,20H,10-11H2,1-2H3/t20-/m1/s1. The zero-order valence-electron chi connectivity index (χ0n) is 16.6. The quantitative estimate of drug-likeness (QED) is 0.619. The van der Waals surface area contributed by atoms with Gasteiger partial charge in [0.25, 0.3) is 0 Å². The molecule has 2 aromatic carbocycles. The highest BCUT2D eigenvalue weighted by Crippen LogP contribution is 2.45. The van der Waals surface area contributed by atoms with Gasteiger partial charge in [0.1, 0.15) is 30.0 Å². The fraction of sp³-hybridized carbons (Fsp3) is 0.273. The molecule has 4 rings (SSSR count). The summed E-state index contributed by atoms with van der Waals surface area (Å²) < 4.78 is 53.4. The molecule has 0 spiro atoms. The van der Waals surface area contributed by atoms with Gasteiger partial charge in [-0.1, -0.05) is 23.7 Å². The average Bonchev–Trinajstić information content (AvgIpc) is 2.89. The maximum Gasteiger partial charge on any atom is 0.431 e. The van der Waals surface area contributed by atoms with Crippen molar-refractivity contribution >= 4 is 23.1 Å². The first-order chi connectivity index (χ1) is 14.8. The minimum absolute atomic E-state index is 0.0692. The lowest BCUT2D eigenvalue weighted by atomic mass is 9.96. The highest BCUT2D eigenvalue weighted by atomic mass is 35.5. The number of ether oxygens (including phenoxy) is 2. The molecule has 0 saturated heterocycles. The van der Waals surface area contributed by atoms with E-state index in [0.717, 1.165) is 4.90 Å². The van der Waals surface area contributed by atoms with Crippen molar-refractivity contribution in [2.24, 2.45) is 4.99 Å². The number of aliphatic imine (C=N–C) groups is 1. The van der Waals surface area contributed by atoms with Crippen LogP contribution in [0.5, 0.6) is 5.75 Å². The molecule has 2 heterocycles. The third-order valence-corrected chi connectivity index (χ3v) is 5.61. The molecule has 0 saturated carbocycles. The lowest BCUT2D eigenvalue weighted by Gasteiger charge is -2.33. The second-order valence-corrected chi connectivity index (χ2v) is 7.51. The van der Waals surface area contributed by atoms with Gasteiger partial charge in [0.2, 0.25) is 0 Å². The Labute approximate surface area is 182 Å². The number of hydrogen-bond donors (Lipinski definition) is 0. The Morgan fingerprint density at radius 3 is 2.71 bits per heavy atom. The third-order valence-electron chi connectivity index (χ3n) is 5.21. The number of amidine groups is 1. The van der Waals surface area contributed by atoms with Crippen molar-refractivity contribution in [1.29, 1.82) is 5.26 Å². The molecule has 160 valence electrons. The number of nitrogens with zero attached hydrogens (tertiary/aromatic N) is 3. The molecule has 0 bridgehead atoms. The first-order valence-electron chi connectivity index (χ1n) is 9.34. The molecular weight excluding hydrogens is 431 g/mol. The molecule has 0 fully saturated rings. The van der Waals surface area contributed by atoms with E-state index >= 15 is 0 Å². The molecule has 0 radical (unpaired) electrons. The van der Waals surface area contributed by atoms with Crippen LogP contribution in [0.25, 0.3) is 0 Å². The van der Waals surface area contributed by atoms with E-state index in [0.29, 0.717) is 16.9 Å². The van der Waals surface area contributed by atoms with Gasteiger partial charge in [-0.2, -0.15) is 18.4 Å². The molecule has 9 heteroatoms. The highest BCUT2D eigenvalue weighted by molar-refractivity contribution is 6.33. The van der Waals surface area contributed by atoms with E-state index in [9.17, 15) is 18.4 Å². The topological polar surface area (TPSA) is 57.9 Å². The van der Waals surface area contributed by atoms with Gasteiger partial charge < -0.3 is 9.47 Å². The van der Waals surface area contributed by atoms with Crippen LogP contribution >= 0.6 is 11.6 Å². The van der Waals surface area contributed by atoms with Gasteiger partial charge in [-0.25, -0.2) is 0 Å². The van der Waals surface area contributed by atoms with E-state index in [1.54, 1.807) is 18.2 Å². The van der Waals surface area contributed by atoms with Crippen molar-refractivity contribution in [3.8, 4) is 11.8 Å². The maximum absolute atomic E-state index is 14.0. The molecule has 0 aliphatic carbocycles. The lowest BCUT2D eigenvalue weighted by molar-refractivity contribution is -0.0932. The van der Waals surface area contributed by atoms with Gasteiger partial charge in [0.15, 0.2) is 0 Å². The van der Waals surface area contributed by atoms with Crippen molar-refractivity contribution < 1.29 is 22.6 Å². The Kier molecular flexibility index (Phi) is 5.42. The van der Waals surface area contributed by atoms with Crippen LogP contribution < -0.4 is 9.64 Å². The van der Waals surface area contributed by atoms with Crippen molar-refractivity contribution in [1.82, 2.24) is 0 Å². The van der Waals surface area contributed by atoms with E-state index in [-0.39, 0.29) is 40.8 Å². The molecule has 5 nitrogen and oxygen atoms in total. The number of alkyl halides is 3. The fourth-order valence-electron chi connectivity index (χ4n) is 3.84. The van der Waals surface area contributed by atoms with Crippen LogP contribution in [0.15, 0.2) is 52.7 Å². The maximum atomic E-state index is 14.0. The number of nitriles is 1. The van der Waals surface area contributed by atoms with Gasteiger partial charge in [-0.3, -0.25) is 9.89 Å². The SMILES string of the molecule is COc1cccc([C@H]2OCC3=NCC(C)=C(C(F)(F)F)N3c3ccc(C#N)cc32)c1Cl. The van der Waals surface area contributed by atoms with Gasteiger partial charge in [0, 0.05) is 11.1 Å². The molecule has 2 aromatic rings. The van der Waals surface area contributed by atoms with Crippen LogP contribution in [0.1, 0.15) is 29.7 Å². The number of allylic oxidation sites excluding steroid dienone is 1. The van der Waals surface area contributed by atoms with Crippen LogP contribution in [-0.4, -0.2) is 32.3 Å². The second kappa shape index (κ2) is 7.91. The first kappa shape index (κ1) is 21.2. The van der Waals surface area contributed by atoms with Crippen molar-refractivity contribution in [2.45, 2.75) is 19.2 Å². The minimum Gasteiger partial charge on any atom is -0.495 e. The smallest absolute Gasteiger partial charge is 0.431 e. The summed E-state index contributed by atoms with van der Waals surface area (Å²) in [6, 6.07) is 11.6. The van der Waals surface area contributed by atoms with Crippen LogP contribution in [0.3, 0.4) is 0 Å². The van der Waals surface area contributed by atoms with Gasteiger partial charge in [-0.05, 0) is 36.8 Å². The molecular formula is C22H17ClF3N3O2. The summed E-state index contributed by atoms with van der Waals surface area (Å²) in [4.78, 5) is 5.41. The summed E-state index contributed by atoms with van der Waals surface area (Å²) in [5.41, 5.74) is 0.750.